The summed E-state index contributed by atoms with van der Waals surface area (Å²) in [5, 5.41) is 18.2. The van der Waals surface area contributed by atoms with Crippen LogP contribution in [0.5, 0.6) is 5.75 Å². The molecule has 0 bridgehead atoms. The van der Waals surface area contributed by atoms with Crippen molar-refractivity contribution in [2.45, 2.75) is 11.7 Å². The van der Waals surface area contributed by atoms with Gasteiger partial charge in [-0.1, -0.05) is 42.1 Å². The first-order valence-electron chi connectivity index (χ1n) is 7.40. The molecule has 0 radical (unpaired) electrons. The van der Waals surface area contributed by atoms with Crippen molar-refractivity contribution in [2.24, 2.45) is 7.05 Å². The summed E-state index contributed by atoms with van der Waals surface area (Å²) in [5.41, 5.74) is 1.19. The van der Waals surface area contributed by atoms with Crippen LogP contribution in [0, 0.1) is 0 Å². The van der Waals surface area contributed by atoms with Crippen molar-refractivity contribution in [3.63, 3.8) is 0 Å². The van der Waals surface area contributed by atoms with Gasteiger partial charge >= 0.3 is 0 Å². The molecule has 0 aliphatic rings. The molecule has 0 amide bonds. The lowest BCUT2D eigenvalue weighted by Crippen LogP contribution is -2.17. The Labute approximate surface area is 151 Å². The summed E-state index contributed by atoms with van der Waals surface area (Å²) in [5.74, 6) is 1.82. The number of hydrogen-bond donors (Lipinski definition) is 1. The molecule has 1 heterocycles. The van der Waals surface area contributed by atoms with Crippen LogP contribution in [0.1, 0.15) is 5.56 Å². The van der Waals surface area contributed by atoms with E-state index in [0.29, 0.717) is 0 Å². The smallest absolute Gasteiger partial charge is 0.209 e. The molecule has 2 aromatic carbocycles. The minimum absolute atomic E-state index is 0. The molecule has 6 nitrogen and oxygen atoms in total. The Kier molecular flexibility index (Phi) is 6.84. The molecular weight excluding hydrogens is 346 g/mol. The molecule has 0 saturated carbocycles. The molecule has 3 rings (SSSR count). The van der Waals surface area contributed by atoms with Crippen molar-refractivity contribution in [3.8, 4) is 5.75 Å². The van der Waals surface area contributed by atoms with Crippen LogP contribution in [0.4, 0.5) is 0 Å². The summed E-state index contributed by atoms with van der Waals surface area (Å²) in [6.45, 7) is 1.63. The highest BCUT2D eigenvalue weighted by atomic mass is 35.5. The molecule has 1 aromatic heterocycles. The lowest BCUT2D eigenvalue weighted by Gasteiger charge is -2.13. The van der Waals surface area contributed by atoms with E-state index < -0.39 is 0 Å². The van der Waals surface area contributed by atoms with E-state index in [-0.39, 0.29) is 12.4 Å². The number of fused-ring (bicyclic) bond motifs is 1. The van der Waals surface area contributed by atoms with Crippen LogP contribution in [0.25, 0.3) is 10.8 Å². The zero-order valence-electron chi connectivity index (χ0n) is 13.6. The quantitative estimate of drug-likeness (QED) is 0.513. The van der Waals surface area contributed by atoms with Gasteiger partial charge in [-0.2, -0.15) is 0 Å². The van der Waals surface area contributed by atoms with Crippen molar-refractivity contribution in [1.29, 1.82) is 0 Å². The molecule has 0 atom stereocenters. The van der Waals surface area contributed by atoms with E-state index in [0.717, 1.165) is 29.7 Å². The van der Waals surface area contributed by atoms with Crippen LogP contribution >= 0.6 is 24.2 Å². The Hall–Kier alpha value is -1.83. The van der Waals surface area contributed by atoms with Gasteiger partial charge in [0.2, 0.25) is 5.16 Å². The molecule has 0 unspecified atom stereocenters. The van der Waals surface area contributed by atoms with Gasteiger partial charge in [-0.15, -0.1) is 17.5 Å². The van der Waals surface area contributed by atoms with Crippen LogP contribution < -0.4 is 10.1 Å². The molecule has 128 valence electrons. The second kappa shape index (κ2) is 8.86. The van der Waals surface area contributed by atoms with Gasteiger partial charge in [-0.05, 0) is 27.3 Å². The zero-order valence-corrected chi connectivity index (χ0v) is 15.2. The van der Waals surface area contributed by atoms with E-state index in [1.54, 1.807) is 23.6 Å². The average Bonchev–Trinajstić information content (AvgIpc) is 2.99. The lowest BCUT2D eigenvalue weighted by atomic mass is 10.0. The highest BCUT2D eigenvalue weighted by Crippen LogP contribution is 2.27. The number of ether oxygens (including phenoxy) is 1. The molecule has 0 fully saturated rings. The fraction of sp³-hybridized carbons (Fsp3) is 0.312. The summed E-state index contributed by atoms with van der Waals surface area (Å²) in [4.78, 5) is 0. The highest BCUT2D eigenvalue weighted by molar-refractivity contribution is 7.99. The first-order chi connectivity index (χ1) is 11.3. The number of thioether (sulfide) groups is 1. The Bertz CT molecular complexity index is 795. The second-order valence-corrected chi connectivity index (χ2v) is 6.14. The predicted octanol–water partition coefficient (Wildman–Crippen LogP) is 2.68. The second-order valence-electron chi connectivity index (χ2n) is 5.08. The Morgan fingerprint density at radius 2 is 2.04 bits per heavy atom. The number of aromatic nitrogens is 4. The fourth-order valence-corrected chi connectivity index (χ4v) is 3.21. The molecule has 0 aliphatic carbocycles. The summed E-state index contributed by atoms with van der Waals surface area (Å²) >= 11 is 1.64. The van der Waals surface area contributed by atoms with E-state index in [1.807, 2.05) is 13.1 Å². The molecular formula is C16H20ClN5OS. The Morgan fingerprint density at radius 1 is 1.21 bits per heavy atom. The standard InChI is InChI=1S/C16H19N5OS.ClH/c1-21-16(18-19-20-21)23-10-9-17-11-14-13-6-4-3-5-12(13)7-8-15(14)22-2;/h3-8,17H,9-11H2,1-2H3;1H. The van der Waals surface area contributed by atoms with Gasteiger partial charge < -0.3 is 10.1 Å². The maximum absolute atomic E-state index is 5.51. The molecule has 24 heavy (non-hydrogen) atoms. The third-order valence-electron chi connectivity index (χ3n) is 3.61. The SMILES string of the molecule is COc1ccc2ccccc2c1CNCCSc1nnnn1C.Cl. The zero-order chi connectivity index (χ0) is 16.1. The number of aryl methyl sites for hydroxylation is 1. The minimum Gasteiger partial charge on any atom is -0.496 e. The average molecular weight is 366 g/mol. The molecule has 1 N–H and O–H groups in total. The monoisotopic (exact) mass is 365 g/mol. The van der Waals surface area contributed by atoms with Gasteiger partial charge in [0.25, 0.3) is 0 Å². The van der Waals surface area contributed by atoms with Gasteiger partial charge in [0.05, 0.1) is 7.11 Å². The summed E-state index contributed by atoms with van der Waals surface area (Å²) < 4.78 is 7.19. The van der Waals surface area contributed by atoms with E-state index in [4.69, 9.17) is 4.74 Å². The first kappa shape index (κ1) is 18.5. The minimum atomic E-state index is 0. The summed E-state index contributed by atoms with van der Waals surface area (Å²) in [7, 11) is 3.56. The number of halogens is 1. The van der Waals surface area contributed by atoms with Crippen LogP contribution in [-0.2, 0) is 13.6 Å². The molecule has 3 aromatic rings. The third kappa shape index (κ3) is 4.17. The van der Waals surface area contributed by atoms with Crippen LogP contribution in [0.3, 0.4) is 0 Å². The van der Waals surface area contributed by atoms with Crippen LogP contribution in [0.15, 0.2) is 41.6 Å². The summed E-state index contributed by atoms with van der Waals surface area (Å²) in [6.07, 6.45) is 0. The number of hydrogen-bond acceptors (Lipinski definition) is 6. The largest absolute Gasteiger partial charge is 0.496 e. The predicted molar refractivity (Wildman–Crippen MR) is 99.0 cm³/mol. The van der Waals surface area contributed by atoms with Crippen LogP contribution in [0.2, 0.25) is 0 Å². The summed E-state index contributed by atoms with van der Waals surface area (Å²) in [6, 6.07) is 12.5. The first-order valence-corrected chi connectivity index (χ1v) is 8.38. The van der Waals surface area contributed by atoms with Crippen molar-refractivity contribution >= 4 is 34.9 Å². The third-order valence-corrected chi connectivity index (χ3v) is 4.62. The number of nitrogens with one attached hydrogen (secondary N) is 1. The Morgan fingerprint density at radius 3 is 2.79 bits per heavy atom. The van der Waals surface area contributed by atoms with Crippen molar-refractivity contribution in [1.82, 2.24) is 25.5 Å². The van der Waals surface area contributed by atoms with Gasteiger partial charge in [0, 0.05) is 31.5 Å². The van der Waals surface area contributed by atoms with Gasteiger partial charge in [0.1, 0.15) is 5.75 Å². The van der Waals surface area contributed by atoms with E-state index in [9.17, 15) is 0 Å². The Balaban J connectivity index is 0.00000208. The van der Waals surface area contributed by atoms with Gasteiger partial charge in [-0.25, -0.2) is 4.68 Å². The van der Waals surface area contributed by atoms with Gasteiger partial charge in [-0.3, -0.25) is 0 Å². The van der Waals surface area contributed by atoms with Crippen molar-refractivity contribution < 1.29 is 4.74 Å². The fourth-order valence-electron chi connectivity index (χ4n) is 2.46. The highest BCUT2D eigenvalue weighted by Gasteiger charge is 2.08. The van der Waals surface area contributed by atoms with Crippen molar-refractivity contribution in [3.05, 3.63) is 42.0 Å². The van der Waals surface area contributed by atoms with E-state index in [1.165, 1.54) is 16.3 Å². The maximum atomic E-state index is 5.51. The van der Waals surface area contributed by atoms with Gasteiger partial charge in [0.15, 0.2) is 0 Å². The normalized spacial score (nSPS) is 10.6. The van der Waals surface area contributed by atoms with Crippen LogP contribution in [-0.4, -0.2) is 39.6 Å². The lowest BCUT2D eigenvalue weighted by molar-refractivity contribution is 0.409. The topological polar surface area (TPSA) is 64.9 Å². The van der Waals surface area contributed by atoms with E-state index in [2.05, 4.69) is 51.2 Å². The number of benzene rings is 2. The molecule has 0 spiro atoms. The molecule has 0 saturated heterocycles. The number of rotatable bonds is 7. The van der Waals surface area contributed by atoms with Crippen molar-refractivity contribution in [2.75, 3.05) is 19.4 Å². The molecule has 8 heteroatoms. The number of tetrazole rings is 1. The maximum Gasteiger partial charge on any atom is 0.209 e. The molecule has 0 aliphatic heterocycles. The number of methoxy groups -OCH3 is 1. The van der Waals surface area contributed by atoms with E-state index >= 15 is 0 Å². The number of nitrogens with zero attached hydrogens (tertiary/aromatic N) is 4.